The predicted molar refractivity (Wildman–Crippen MR) is 86.5 cm³/mol. The Labute approximate surface area is 134 Å². The lowest BCUT2D eigenvalue weighted by atomic mass is 9.78. The van der Waals surface area contributed by atoms with Crippen molar-refractivity contribution in [2.24, 2.45) is 0 Å². The van der Waals surface area contributed by atoms with Gasteiger partial charge in [-0.25, -0.2) is 0 Å². The van der Waals surface area contributed by atoms with Crippen LogP contribution in [0.25, 0.3) is 0 Å². The first-order chi connectivity index (χ1) is 10.8. The smallest absolute Gasteiger partial charge is 0.399 e. The van der Waals surface area contributed by atoms with Gasteiger partial charge >= 0.3 is 7.12 Å². The van der Waals surface area contributed by atoms with Gasteiger partial charge in [0.05, 0.1) is 17.4 Å². The van der Waals surface area contributed by atoms with Gasteiger partial charge in [0.25, 0.3) is 5.91 Å². The molecule has 1 saturated heterocycles. The van der Waals surface area contributed by atoms with Crippen LogP contribution in [0.3, 0.4) is 0 Å². The van der Waals surface area contributed by atoms with Crippen LogP contribution in [0.4, 0.5) is 5.69 Å². The molecule has 0 saturated carbocycles. The Balaban J connectivity index is 1.86. The van der Waals surface area contributed by atoms with Crippen molar-refractivity contribution >= 4 is 24.2 Å². The van der Waals surface area contributed by atoms with Gasteiger partial charge in [-0.05, 0) is 33.8 Å². The lowest BCUT2D eigenvalue weighted by molar-refractivity contribution is 0.00578. The van der Waals surface area contributed by atoms with Crippen LogP contribution in [0.15, 0.2) is 30.5 Å². The molecule has 23 heavy (non-hydrogen) atoms. The van der Waals surface area contributed by atoms with Gasteiger partial charge in [-0.2, -0.15) is 15.4 Å². The van der Waals surface area contributed by atoms with Crippen LogP contribution in [0.5, 0.6) is 0 Å². The van der Waals surface area contributed by atoms with Crippen molar-refractivity contribution in [2.75, 3.05) is 5.32 Å². The highest BCUT2D eigenvalue weighted by atomic mass is 16.7. The van der Waals surface area contributed by atoms with Gasteiger partial charge in [-0.15, -0.1) is 0 Å². The summed E-state index contributed by atoms with van der Waals surface area (Å²) >= 11 is 0. The van der Waals surface area contributed by atoms with Gasteiger partial charge in [0.2, 0.25) is 0 Å². The number of amides is 1. The predicted octanol–water partition coefficient (Wildman–Crippen LogP) is 1.36. The maximum absolute atomic E-state index is 12.2. The summed E-state index contributed by atoms with van der Waals surface area (Å²) in [5.74, 6) is -0.345. The van der Waals surface area contributed by atoms with Gasteiger partial charge in [-0.3, -0.25) is 4.79 Å². The standard InChI is InChI=1S/C15H19BN4O3/c1-14(2)15(3,4)23-16(22-14)10-7-5-6-8-11(10)18-13(21)12-9-17-20-19-12/h5-9H,1-4H3,(H,18,21)(H,17,19,20). The third kappa shape index (κ3) is 2.87. The van der Waals surface area contributed by atoms with E-state index in [1.165, 1.54) is 6.20 Å². The Morgan fingerprint density at radius 2 is 1.83 bits per heavy atom. The summed E-state index contributed by atoms with van der Waals surface area (Å²) in [6, 6.07) is 7.40. The molecule has 0 radical (unpaired) electrons. The highest BCUT2D eigenvalue weighted by molar-refractivity contribution is 6.64. The normalized spacial score (nSPS) is 18.9. The number of carbonyl (C=O) groups is 1. The minimum absolute atomic E-state index is 0.216. The van der Waals surface area contributed by atoms with Gasteiger partial charge in [0, 0.05) is 11.2 Å². The summed E-state index contributed by atoms with van der Waals surface area (Å²) < 4.78 is 12.1. The Bertz CT molecular complexity index is 699. The summed E-state index contributed by atoms with van der Waals surface area (Å²) in [4.78, 5) is 12.2. The van der Waals surface area contributed by atoms with Crippen molar-refractivity contribution in [3.8, 4) is 0 Å². The zero-order valence-electron chi connectivity index (χ0n) is 13.6. The number of nitrogens with one attached hydrogen (secondary N) is 2. The SMILES string of the molecule is CC1(C)OB(c2ccccc2NC(=O)c2cn[nH]n2)OC1(C)C. The topological polar surface area (TPSA) is 89.1 Å². The van der Waals surface area contributed by atoms with Gasteiger partial charge in [0.1, 0.15) is 0 Å². The molecular formula is C15H19BN4O3. The molecule has 0 bridgehead atoms. The fourth-order valence-corrected chi connectivity index (χ4v) is 2.28. The van der Waals surface area contributed by atoms with E-state index in [4.69, 9.17) is 9.31 Å². The Morgan fingerprint density at radius 3 is 2.43 bits per heavy atom. The molecule has 2 N–H and O–H groups in total. The number of aromatic amines is 1. The summed E-state index contributed by atoms with van der Waals surface area (Å²) in [6.07, 6.45) is 1.37. The number of hydrogen-bond acceptors (Lipinski definition) is 5. The van der Waals surface area contributed by atoms with E-state index in [9.17, 15) is 4.79 Å². The third-order valence-electron chi connectivity index (χ3n) is 4.36. The lowest BCUT2D eigenvalue weighted by Crippen LogP contribution is -2.41. The number of nitrogens with zero attached hydrogens (tertiary/aromatic N) is 2. The Morgan fingerprint density at radius 1 is 1.17 bits per heavy atom. The number of rotatable bonds is 3. The summed E-state index contributed by atoms with van der Waals surface area (Å²) in [5.41, 5.74) is 0.720. The fourth-order valence-electron chi connectivity index (χ4n) is 2.28. The number of benzene rings is 1. The second-order valence-corrected chi connectivity index (χ2v) is 6.48. The first kappa shape index (κ1) is 15.7. The minimum atomic E-state index is -0.547. The molecule has 0 spiro atoms. The van der Waals surface area contributed by atoms with E-state index in [1.54, 1.807) is 6.07 Å². The van der Waals surface area contributed by atoms with Crippen molar-refractivity contribution in [1.82, 2.24) is 15.4 Å². The molecule has 1 aromatic heterocycles. The second kappa shape index (κ2) is 5.47. The summed E-state index contributed by atoms with van der Waals surface area (Å²) in [6.45, 7) is 7.96. The van der Waals surface area contributed by atoms with E-state index in [2.05, 4.69) is 20.7 Å². The van der Waals surface area contributed by atoms with Crippen molar-refractivity contribution in [1.29, 1.82) is 0 Å². The van der Waals surface area contributed by atoms with E-state index in [1.807, 2.05) is 45.9 Å². The molecule has 2 heterocycles. The maximum Gasteiger partial charge on any atom is 0.496 e. The van der Waals surface area contributed by atoms with E-state index in [0.717, 1.165) is 5.46 Å². The lowest BCUT2D eigenvalue weighted by Gasteiger charge is -2.32. The van der Waals surface area contributed by atoms with E-state index in [0.29, 0.717) is 5.69 Å². The molecule has 1 aliphatic heterocycles. The van der Waals surface area contributed by atoms with Crippen LogP contribution >= 0.6 is 0 Å². The molecule has 0 aliphatic carbocycles. The van der Waals surface area contributed by atoms with Gasteiger partial charge in [0.15, 0.2) is 5.69 Å². The highest BCUT2D eigenvalue weighted by Gasteiger charge is 2.52. The number of para-hydroxylation sites is 1. The van der Waals surface area contributed by atoms with E-state index >= 15 is 0 Å². The molecule has 8 heteroatoms. The Hall–Kier alpha value is -2.19. The largest absolute Gasteiger partial charge is 0.496 e. The van der Waals surface area contributed by atoms with E-state index < -0.39 is 18.3 Å². The molecule has 2 aromatic rings. The minimum Gasteiger partial charge on any atom is -0.399 e. The average molecular weight is 314 g/mol. The van der Waals surface area contributed by atoms with Crippen molar-refractivity contribution in [2.45, 2.75) is 38.9 Å². The van der Waals surface area contributed by atoms with Gasteiger partial charge < -0.3 is 14.6 Å². The molecule has 3 rings (SSSR count). The van der Waals surface area contributed by atoms with Crippen molar-refractivity contribution in [3.63, 3.8) is 0 Å². The number of aromatic nitrogens is 3. The van der Waals surface area contributed by atoms with Crippen LogP contribution in [0, 0.1) is 0 Å². The third-order valence-corrected chi connectivity index (χ3v) is 4.36. The maximum atomic E-state index is 12.2. The van der Waals surface area contributed by atoms with Crippen LogP contribution in [-0.4, -0.2) is 39.6 Å². The molecule has 1 fully saturated rings. The molecular weight excluding hydrogens is 295 g/mol. The quantitative estimate of drug-likeness (QED) is 0.835. The van der Waals surface area contributed by atoms with E-state index in [-0.39, 0.29) is 11.6 Å². The summed E-state index contributed by atoms with van der Waals surface area (Å²) in [5, 5.41) is 12.7. The van der Waals surface area contributed by atoms with Crippen LogP contribution in [0.2, 0.25) is 0 Å². The van der Waals surface area contributed by atoms with Crippen LogP contribution in [-0.2, 0) is 9.31 Å². The number of H-pyrrole nitrogens is 1. The molecule has 1 amide bonds. The number of anilines is 1. The van der Waals surface area contributed by atoms with Crippen molar-refractivity contribution in [3.05, 3.63) is 36.2 Å². The zero-order chi connectivity index (χ0) is 16.7. The molecule has 0 unspecified atom stereocenters. The van der Waals surface area contributed by atoms with Crippen LogP contribution < -0.4 is 10.8 Å². The molecule has 1 aliphatic rings. The molecule has 0 atom stereocenters. The Kier molecular flexibility index (Phi) is 3.73. The summed E-state index contributed by atoms with van der Waals surface area (Å²) in [7, 11) is -0.547. The number of hydrogen-bond donors (Lipinski definition) is 2. The second-order valence-electron chi connectivity index (χ2n) is 6.48. The number of carbonyl (C=O) groups excluding carboxylic acids is 1. The zero-order valence-corrected chi connectivity index (χ0v) is 13.6. The highest BCUT2D eigenvalue weighted by Crippen LogP contribution is 2.36. The van der Waals surface area contributed by atoms with Gasteiger partial charge in [-0.1, -0.05) is 18.2 Å². The first-order valence-corrected chi connectivity index (χ1v) is 7.42. The molecule has 120 valence electrons. The van der Waals surface area contributed by atoms with Crippen molar-refractivity contribution < 1.29 is 14.1 Å². The average Bonchev–Trinajstić information content (AvgIpc) is 3.06. The molecule has 1 aromatic carbocycles. The first-order valence-electron chi connectivity index (χ1n) is 7.42. The molecule has 7 nitrogen and oxygen atoms in total. The fraction of sp³-hybridized carbons (Fsp3) is 0.400. The van der Waals surface area contributed by atoms with Crippen LogP contribution in [0.1, 0.15) is 38.2 Å². The monoisotopic (exact) mass is 314 g/mol.